The van der Waals surface area contributed by atoms with Crippen LogP contribution >= 0.6 is 0 Å². The number of carbonyl (C=O) groups is 1. The first-order valence-corrected chi connectivity index (χ1v) is 7.13. The van der Waals surface area contributed by atoms with E-state index >= 15 is 0 Å². The molecule has 4 nitrogen and oxygen atoms in total. The van der Waals surface area contributed by atoms with Crippen molar-refractivity contribution in [3.05, 3.63) is 54.0 Å². The molecule has 0 spiro atoms. The molecular weight excluding hydrogens is 266 g/mol. The predicted molar refractivity (Wildman–Crippen MR) is 80.5 cm³/mol. The minimum Gasteiger partial charge on any atom is -0.508 e. The van der Waals surface area contributed by atoms with E-state index < -0.39 is 0 Å². The Bertz CT molecular complexity index is 575. The fourth-order valence-corrected chi connectivity index (χ4v) is 2.15. The maximum absolute atomic E-state index is 12.4. The van der Waals surface area contributed by atoms with Crippen LogP contribution in [0.5, 0.6) is 5.75 Å². The van der Waals surface area contributed by atoms with Crippen LogP contribution < -0.4 is 0 Å². The Kier molecular flexibility index (Phi) is 5.04. The summed E-state index contributed by atoms with van der Waals surface area (Å²) in [4.78, 5) is 14.1. The van der Waals surface area contributed by atoms with Gasteiger partial charge in [0, 0.05) is 18.5 Å². The van der Waals surface area contributed by atoms with E-state index in [-0.39, 0.29) is 11.7 Å². The van der Waals surface area contributed by atoms with Gasteiger partial charge < -0.3 is 14.4 Å². The third kappa shape index (κ3) is 4.38. The summed E-state index contributed by atoms with van der Waals surface area (Å²) < 4.78 is 5.33. The van der Waals surface area contributed by atoms with Crippen molar-refractivity contribution in [1.29, 1.82) is 0 Å². The summed E-state index contributed by atoms with van der Waals surface area (Å²) >= 11 is 0. The Morgan fingerprint density at radius 2 is 1.95 bits per heavy atom. The maximum atomic E-state index is 12.4. The highest BCUT2D eigenvalue weighted by Gasteiger charge is 2.18. The number of benzene rings is 1. The summed E-state index contributed by atoms with van der Waals surface area (Å²) in [6, 6.07) is 10.7. The van der Waals surface area contributed by atoms with Gasteiger partial charge >= 0.3 is 0 Å². The molecule has 2 aromatic rings. The Labute approximate surface area is 125 Å². The number of phenolic OH excluding ortho intramolecular Hbond substituents is 1. The molecule has 112 valence electrons. The molecule has 0 unspecified atom stereocenters. The third-order valence-electron chi connectivity index (χ3n) is 3.22. The first kappa shape index (κ1) is 15.2. The molecule has 0 bridgehead atoms. The number of para-hydroxylation sites is 1. The van der Waals surface area contributed by atoms with Gasteiger partial charge in [-0.25, -0.2) is 0 Å². The minimum absolute atomic E-state index is 0.0599. The zero-order valence-electron chi connectivity index (χ0n) is 12.5. The summed E-state index contributed by atoms with van der Waals surface area (Å²) in [6.45, 7) is 4.82. The summed E-state index contributed by atoms with van der Waals surface area (Å²) in [5.74, 6) is 1.30. The maximum Gasteiger partial charge on any atom is 0.223 e. The average molecular weight is 287 g/mol. The molecule has 1 amide bonds. The van der Waals surface area contributed by atoms with Gasteiger partial charge in [0.05, 0.1) is 12.8 Å². The van der Waals surface area contributed by atoms with Crippen molar-refractivity contribution in [2.24, 2.45) is 5.92 Å². The zero-order chi connectivity index (χ0) is 15.2. The number of nitrogens with zero attached hydrogens (tertiary/aromatic N) is 1. The van der Waals surface area contributed by atoms with E-state index in [1.807, 2.05) is 32.0 Å². The van der Waals surface area contributed by atoms with Crippen LogP contribution in [-0.4, -0.2) is 15.9 Å². The van der Waals surface area contributed by atoms with Crippen LogP contribution in [0.3, 0.4) is 0 Å². The molecule has 0 aliphatic rings. The standard InChI is InChI=1S/C17H21NO3/c1-13(2)10-17(20)18(12-15-7-5-9-21-15)11-14-6-3-4-8-16(14)19/h3-9,13,19H,10-12H2,1-2H3. The summed E-state index contributed by atoms with van der Waals surface area (Å²) in [7, 11) is 0. The van der Waals surface area contributed by atoms with Gasteiger partial charge in [-0.15, -0.1) is 0 Å². The van der Waals surface area contributed by atoms with Gasteiger partial charge in [-0.3, -0.25) is 4.79 Å². The van der Waals surface area contributed by atoms with Gasteiger partial charge in [0.25, 0.3) is 0 Å². The first-order chi connectivity index (χ1) is 10.1. The lowest BCUT2D eigenvalue weighted by atomic mass is 10.1. The molecule has 1 heterocycles. The third-order valence-corrected chi connectivity index (χ3v) is 3.22. The highest BCUT2D eigenvalue weighted by Crippen LogP contribution is 2.20. The molecule has 0 saturated heterocycles. The van der Waals surface area contributed by atoms with Crippen LogP contribution in [0.1, 0.15) is 31.6 Å². The van der Waals surface area contributed by atoms with Gasteiger partial charge in [-0.1, -0.05) is 32.0 Å². The lowest BCUT2D eigenvalue weighted by molar-refractivity contribution is -0.133. The van der Waals surface area contributed by atoms with Crippen LogP contribution in [0, 0.1) is 5.92 Å². The van der Waals surface area contributed by atoms with Crippen molar-refractivity contribution in [2.45, 2.75) is 33.4 Å². The normalized spacial score (nSPS) is 10.8. The second kappa shape index (κ2) is 6.97. The molecule has 1 N–H and O–H groups in total. The van der Waals surface area contributed by atoms with Crippen LogP contribution in [0.2, 0.25) is 0 Å². The fraction of sp³-hybridized carbons (Fsp3) is 0.353. The van der Waals surface area contributed by atoms with Gasteiger partial charge in [0.1, 0.15) is 11.5 Å². The molecule has 21 heavy (non-hydrogen) atoms. The molecule has 0 aliphatic carbocycles. The summed E-state index contributed by atoms with van der Waals surface area (Å²) in [5.41, 5.74) is 0.737. The Morgan fingerprint density at radius 3 is 2.57 bits per heavy atom. The summed E-state index contributed by atoms with van der Waals surface area (Å²) in [6.07, 6.45) is 2.08. The van der Waals surface area contributed by atoms with Crippen LogP contribution in [-0.2, 0) is 17.9 Å². The molecule has 1 aromatic carbocycles. The number of phenols is 1. The molecule has 0 fully saturated rings. The zero-order valence-corrected chi connectivity index (χ0v) is 12.5. The van der Waals surface area contributed by atoms with Gasteiger partial charge in [-0.2, -0.15) is 0 Å². The molecule has 1 aromatic heterocycles. The SMILES string of the molecule is CC(C)CC(=O)N(Cc1ccco1)Cc1ccccc1O. The molecule has 0 atom stereocenters. The smallest absolute Gasteiger partial charge is 0.223 e. The molecule has 0 saturated carbocycles. The predicted octanol–water partition coefficient (Wildman–Crippen LogP) is 3.56. The highest BCUT2D eigenvalue weighted by molar-refractivity contribution is 5.76. The van der Waals surface area contributed by atoms with E-state index in [9.17, 15) is 9.90 Å². The fourth-order valence-electron chi connectivity index (χ4n) is 2.15. The lowest BCUT2D eigenvalue weighted by Crippen LogP contribution is -2.30. The number of aromatic hydroxyl groups is 1. The van der Waals surface area contributed by atoms with E-state index in [1.165, 1.54) is 0 Å². The molecule has 4 heteroatoms. The minimum atomic E-state index is 0.0599. The number of amides is 1. The van der Waals surface area contributed by atoms with Crippen molar-refractivity contribution in [3.8, 4) is 5.75 Å². The largest absolute Gasteiger partial charge is 0.508 e. The van der Waals surface area contributed by atoms with Gasteiger partial charge in [0.15, 0.2) is 0 Å². The molecule has 0 radical (unpaired) electrons. The number of rotatable bonds is 6. The lowest BCUT2D eigenvalue weighted by Gasteiger charge is -2.23. The monoisotopic (exact) mass is 287 g/mol. The van der Waals surface area contributed by atoms with Gasteiger partial charge in [-0.05, 0) is 24.1 Å². The van der Waals surface area contributed by atoms with Gasteiger partial charge in [0.2, 0.25) is 5.91 Å². The van der Waals surface area contributed by atoms with Crippen molar-refractivity contribution in [3.63, 3.8) is 0 Å². The number of hydrogen-bond acceptors (Lipinski definition) is 3. The number of furan rings is 1. The Balaban J connectivity index is 2.15. The van der Waals surface area contributed by atoms with Crippen molar-refractivity contribution in [1.82, 2.24) is 4.90 Å². The molecule has 2 rings (SSSR count). The van der Waals surface area contributed by atoms with E-state index in [4.69, 9.17) is 4.42 Å². The Morgan fingerprint density at radius 1 is 1.19 bits per heavy atom. The highest BCUT2D eigenvalue weighted by atomic mass is 16.3. The van der Waals surface area contributed by atoms with E-state index in [0.717, 1.165) is 11.3 Å². The summed E-state index contributed by atoms with van der Waals surface area (Å²) in [5, 5.41) is 9.89. The first-order valence-electron chi connectivity index (χ1n) is 7.13. The average Bonchev–Trinajstić information content (AvgIpc) is 2.92. The number of carbonyl (C=O) groups excluding carboxylic acids is 1. The Hall–Kier alpha value is -2.23. The van der Waals surface area contributed by atoms with E-state index in [2.05, 4.69) is 0 Å². The second-order valence-electron chi connectivity index (χ2n) is 5.56. The van der Waals surface area contributed by atoms with Crippen molar-refractivity contribution in [2.75, 3.05) is 0 Å². The van der Waals surface area contributed by atoms with Crippen LogP contribution in [0.4, 0.5) is 0 Å². The second-order valence-corrected chi connectivity index (χ2v) is 5.56. The van der Waals surface area contributed by atoms with Crippen molar-refractivity contribution < 1.29 is 14.3 Å². The van der Waals surface area contributed by atoms with E-state index in [1.54, 1.807) is 29.4 Å². The topological polar surface area (TPSA) is 53.7 Å². The molecule has 0 aliphatic heterocycles. The molecular formula is C17H21NO3. The number of hydrogen-bond donors (Lipinski definition) is 1. The quantitative estimate of drug-likeness (QED) is 0.883. The van der Waals surface area contributed by atoms with Crippen molar-refractivity contribution >= 4 is 5.91 Å². The van der Waals surface area contributed by atoms with Crippen LogP contribution in [0.15, 0.2) is 47.1 Å². The van der Waals surface area contributed by atoms with E-state index in [0.29, 0.717) is 25.4 Å². The van der Waals surface area contributed by atoms with Crippen LogP contribution in [0.25, 0.3) is 0 Å².